The van der Waals surface area contributed by atoms with Crippen molar-refractivity contribution in [3.63, 3.8) is 0 Å². The van der Waals surface area contributed by atoms with Crippen LogP contribution in [0.2, 0.25) is 0 Å². The Morgan fingerprint density at radius 3 is 1.29 bits per heavy atom. The molecule has 0 aliphatic carbocycles. The molecule has 0 aromatic rings. The van der Waals surface area contributed by atoms with E-state index >= 15 is 0 Å². The van der Waals surface area contributed by atoms with Crippen LogP contribution in [0.1, 0.15) is 0 Å². The predicted octanol–water partition coefficient (Wildman–Crippen LogP) is -1.73. The van der Waals surface area contributed by atoms with E-state index in [9.17, 15) is 0 Å². The molecule has 4 saturated heterocycles. The molecule has 7 heteroatoms. The van der Waals surface area contributed by atoms with Gasteiger partial charge in [0.2, 0.25) is 0 Å². The third-order valence-electron chi connectivity index (χ3n) is 0.828. The first-order valence-corrected chi connectivity index (χ1v) is 21.9. The van der Waals surface area contributed by atoms with Crippen LogP contribution in [0, 0.1) is 0 Å². The average molecular weight is 348 g/mol. The maximum absolute atomic E-state index is 5.49. The van der Waals surface area contributed by atoms with Gasteiger partial charge in [0.25, 0.3) is 0 Å². The van der Waals surface area contributed by atoms with E-state index in [0.717, 1.165) is 0 Å². The van der Waals surface area contributed by atoms with E-state index in [0.29, 0.717) is 0 Å². The zero-order valence-corrected chi connectivity index (χ0v) is 10.5. The molecule has 0 N–H and O–H groups in total. The summed E-state index contributed by atoms with van der Waals surface area (Å²) in [5, 5.41) is 0. The normalized spacial score (nSPS) is 72.0. The number of rotatable bonds is 0. The van der Waals surface area contributed by atoms with E-state index in [1.54, 1.807) is 0 Å². The second-order valence-electron chi connectivity index (χ2n) is 1.23. The fourth-order valence-electron chi connectivity index (χ4n) is 0.505. The fourth-order valence-corrected chi connectivity index (χ4v) is 157. The monoisotopic (exact) mass is 348 g/mol. The Balaban J connectivity index is 2.17. The Kier molecular flexibility index (Phi) is 0.973. The van der Waals surface area contributed by atoms with Crippen molar-refractivity contribution in [3.8, 4) is 0 Å². The van der Waals surface area contributed by atoms with Crippen molar-refractivity contribution in [3.05, 3.63) is 0 Å². The van der Waals surface area contributed by atoms with Crippen LogP contribution in [0.3, 0.4) is 0 Å². The molecule has 0 atom stereocenters. The fraction of sp³-hybridized carbons (Fsp3) is 0. The Morgan fingerprint density at radius 2 is 1.14 bits per heavy atom. The first kappa shape index (κ1) is 4.86. The molecule has 0 radical (unpaired) electrons. The van der Waals surface area contributed by atoms with E-state index in [2.05, 4.69) is 0 Å². The molecule has 4 aliphatic rings. The molecule has 4 heterocycles. The Morgan fingerprint density at radius 1 is 0.714 bits per heavy atom. The predicted molar refractivity (Wildman–Crippen MR) is 26.3 cm³/mol. The van der Waals surface area contributed by atoms with Crippen molar-refractivity contribution in [1.29, 1.82) is 0 Å². The topological polar surface area (TPSA) is 27.7 Å². The van der Waals surface area contributed by atoms with Gasteiger partial charge in [-0.15, -0.1) is 0 Å². The summed E-state index contributed by atoms with van der Waals surface area (Å²) in [6, 6.07) is 0. The van der Waals surface area contributed by atoms with Crippen molar-refractivity contribution in [2.45, 2.75) is 0 Å². The molecule has 0 aromatic carbocycles. The van der Waals surface area contributed by atoms with E-state index in [4.69, 9.17) is 8.15 Å². The standard InChI is InChI=1S/As4O3/c5-1-2-3(1)7-4(5)6-2. The summed E-state index contributed by atoms with van der Waals surface area (Å²) in [6.07, 6.45) is 0. The first-order chi connectivity index (χ1) is 3.45. The van der Waals surface area contributed by atoms with Crippen LogP contribution in [-0.4, -0.2) is 48.3 Å². The number of hydrogen-bond donors (Lipinski definition) is 0. The minimum atomic E-state index is -1.31. The van der Waals surface area contributed by atoms with Gasteiger partial charge in [0.05, 0.1) is 0 Å². The molecule has 4 aliphatic heterocycles. The molecule has 4 fully saturated rings. The Labute approximate surface area is 55.7 Å². The van der Waals surface area contributed by atoms with Gasteiger partial charge in [-0.1, -0.05) is 0 Å². The van der Waals surface area contributed by atoms with Crippen molar-refractivity contribution in [2.24, 2.45) is 0 Å². The summed E-state index contributed by atoms with van der Waals surface area (Å²) in [4.78, 5) is 0. The summed E-state index contributed by atoms with van der Waals surface area (Å²) >= 11 is -1.31. The second-order valence-corrected chi connectivity index (χ2v) is 58.6. The van der Waals surface area contributed by atoms with Crippen molar-refractivity contribution < 1.29 is 8.15 Å². The Hall–Kier alpha value is 2.11. The van der Waals surface area contributed by atoms with E-state index in [-0.39, 0.29) is 0 Å². The SMILES string of the molecule is O1[As]2O[As]3[As]1[As]3O2. The van der Waals surface area contributed by atoms with Gasteiger partial charge in [-0.05, 0) is 0 Å². The Bertz CT molecular complexity index is 94.3. The average Bonchev–Trinajstić information content (AvgIpc) is 2.10. The third-order valence-corrected chi connectivity index (χ3v) is 82.1. The third kappa shape index (κ3) is 0.522. The molecular formula is As4O3. The van der Waals surface area contributed by atoms with Gasteiger partial charge in [0.1, 0.15) is 0 Å². The van der Waals surface area contributed by atoms with E-state index < -0.39 is 48.3 Å². The first-order valence-electron chi connectivity index (χ1n) is 1.70. The van der Waals surface area contributed by atoms with Gasteiger partial charge in [-0.3, -0.25) is 0 Å². The van der Waals surface area contributed by atoms with Gasteiger partial charge in [-0.25, -0.2) is 0 Å². The van der Waals surface area contributed by atoms with Crippen LogP contribution in [-0.2, 0) is 8.15 Å². The molecular weight excluding hydrogens is 348 g/mol. The van der Waals surface area contributed by atoms with Crippen LogP contribution in [0.5, 0.6) is 0 Å². The quantitative estimate of drug-likeness (QED) is 0.488. The van der Waals surface area contributed by atoms with Gasteiger partial charge in [0.15, 0.2) is 0 Å². The molecule has 0 saturated carbocycles. The van der Waals surface area contributed by atoms with Crippen LogP contribution < -0.4 is 0 Å². The van der Waals surface area contributed by atoms with Crippen molar-refractivity contribution in [2.75, 3.05) is 0 Å². The summed E-state index contributed by atoms with van der Waals surface area (Å²) in [5.74, 6) is 0. The number of hydrogen-bond acceptors (Lipinski definition) is 3. The van der Waals surface area contributed by atoms with Crippen LogP contribution in [0.15, 0.2) is 0 Å². The van der Waals surface area contributed by atoms with E-state index in [1.165, 1.54) is 0 Å². The molecule has 0 amide bonds. The van der Waals surface area contributed by atoms with Crippen LogP contribution >= 0.6 is 0 Å². The molecule has 0 aromatic heterocycles. The van der Waals surface area contributed by atoms with Gasteiger partial charge < -0.3 is 0 Å². The van der Waals surface area contributed by atoms with Crippen LogP contribution in [0.4, 0.5) is 0 Å². The van der Waals surface area contributed by atoms with Gasteiger partial charge in [0, 0.05) is 0 Å². The van der Waals surface area contributed by atoms with Crippen molar-refractivity contribution in [1.82, 2.24) is 0 Å². The van der Waals surface area contributed by atoms with Gasteiger partial charge >= 0.3 is 56.4 Å². The zero-order chi connectivity index (χ0) is 4.43. The summed E-state index contributed by atoms with van der Waals surface area (Å²) < 4.78 is 16.5. The van der Waals surface area contributed by atoms with Gasteiger partial charge in [-0.2, -0.15) is 0 Å². The van der Waals surface area contributed by atoms with E-state index in [1.807, 2.05) is 0 Å². The minimum absolute atomic E-state index is 0.549. The molecule has 4 bridgehead atoms. The molecule has 4 rings (SSSR count). The summed E-state index contributed by atoms with van der Waals surface area (Å²) in [7, 11) is -1.65. The molecule has 0 unspecified atom stereocenters. The maximum atomic E-state index is 5.49. The second kappa shape index (κ2) is 1.40. The molecule has 0 spiro atoms. The van der Waals surface area contributed by atoms with Crippen molar-refractivity contribution >= 4 is 48.3 Å². The molecule has 38 valence electrons. The zero-order valence-electron chi connectivity index (χ0n) is 3.01. The summed E-state index contributed by atoms with van der Waals surface area (Å²) in [5.41, 5.74) is 0. The molecule has 3 nitrogen and oxygen atoms in total. The molecule has 7 heavy (non-hydrogen) atoms. The summed E-state index contributed by atoms with van der Waals surface area (Å²) in [6.45, 7) is 0. The van der Waals surface area contributed by atoms with Crippen LogP contribution in [0.25, 0.3) is 0 Å².